The Kier molecular flexibility index (Phi) is 7.07. The summed E-state index contributed by atoms with van der Waals surface area (Å²) in [5.41, 5.74) is 1.24. The van der Waals surface area contributed by atoms with Crippen molar-refractivity contribution in [1.29, 1.82) is 0 Å². The van der Waals surface area contributed by atoms with Gasteiger partial charge in [-0.3, -0.25) is 14.2 Å². The van der Waals surface area contributed by atoms with E-state index in [1.165, 1.54) is 30.3 Å². The van der Waals surface area contributed by atoms with Crippen LogP contribution in [0.3, 0.4) is 0 Å². The molecular weight excluding hydrogens is 474 g/mol. The minimum atomic E-state index is -3.98. The molecule has 32 heavy (non-hydrogen) atoms. The molecule has 168 valence electrons. The molecule has 0 aliphatic carbocycles. The number of nitrogens with one attached hydrogen (secondary N) is 3. The average Bonchev–Trinajstić information content (AvgIpc) is 2.73. The molecule has 0 heterocycles. The lowest BCUT2D eigenvalue weighted by molar-refractivity contribution is 0.0951. The molecule has 0 unspecified atom stereocenters. The Hall–Kier alpha value is -3.08. The summed E-state index contributed by atoms with van der Waals surface area (Å²) >= 11 is 6.02. The zero-order chi connectivity index (χ0) is 23.4. The molecule has 0 aliphatic rings. The first-order valence-corrected chi connectivity index (χ1v) is 13.0. The average molecular weight is 494 g/mol. The number of para-hydroxylation sites is 2. The van der Waals surface area contributed by atoms with Gasteiger partial charge in [0.25, 0.3) is 15.9 Å². The first-order chi connectivity index (χ1) is 15.0. The Morgan fingerprint density at radius 1 is 0.844 bits per heavy atom. The third-order valence-electron chi connectivity index (χ3n) is 4.28. The van der Waals surface area contributed by atoms with Gasteiger partial charge in [-0.2, -0.15) is 0 Å². The second-order valence-corrected chi connectivity index (χ2v) is 10.7. The van der Waals surface area contributed by atoms with Gasteiger partial charge in [-0.15, -0.1) is 0 Å². The highest BCUT2D eigenvalue weighted by molar-refractivity contribution is 7.92. The van der Waals surface area contributed by atoms with Crippen LogP contribution in [0.1, 0.15) is 15.9 Å². The summed E-state index contributed by atoms with van der Waals surface area (Å²) in [5.74, 6) is -0.519. The highest BCUT2D eigenvalue weighted by Gasteiger charge is 2.18. The molecule has 8 nitrogen and oxygen atoms in total. The minimum absolute atomic E-state index is 0.0341. The quantitative estimate of drug-likeness (QED) is 0.443. The molecule has 0 aromatic heterocycles. The Morgan fingerprint density at radius 3 is 2.19 bits per heavy atom. The zero-order valence-corrected chi connectivity index (χ0v) is 19.3. The molecule has 0 saturated carbocycles. The lowest BCUT2D eigenvalue weighted by Crippen LogP contribution is -2.24. The predicted molar refractivity (Wildman–Crippen MR) is 125 cm³/mol. The van der Waals surface area contributed by atoms with Crippen LogP contribution in [-0.4, -0.2) is 29.0 Å². The number of hydrogen-bond acceptors (Lipinski definition) is 5. The zero-order valence-electron chi connectivity index (χ0n) is 16.9. The van der Waals surface area contributed by atoms with Crippen LogP contribution in [-0.2, 0) is 26.6 Å². The van der Waals surface area contributed by atoms with Crippen LogP contribution in [0.5, 0.6) is 0 Å². The standard InChI is InChI=1S/C21H20ClN3O5S2/c1-31(27,28)24-19-11-4-2-7-16(19)14-23-21(26)15-8-6-9-17(13-15)32(29,30)25-20-12-5-3-10-18(20)22/h2-13,24-25H,14H2,1H3,(H,23,26). The predicted octanol–water partition coefficient (Wildman–Crippen LogP) is 3.44. The van der Waals surface area contributed by atoms with Crippen molar-refractivity contribution < 1.29 is 21.6 Å². The molecule has 0 atom stereocenters. The van der Waals surface area contributed by atoms with Gasteiger partial charge in [-0.1, -0.05) is 48.0 Å². The number of sulfonamides is 2. The highest BCUT2D eigenvalue weighted by Crippen LogP contribution is 2.24. The molecule has 1 amide bonds. The molecule has 0 saturated heterocycles. The van der Waals surface area contributed by atoms with E-state index in [4.69, 9.17) is 11.6 Å². The van der Waals surface area contributed by atoms with Crippen molar-refractivity contribution in [3.8, 4) is 0 Å². The van der Waals surface area contributed by atoms with E-state index in [-0.39, 0.29) is 27.7 Å². The molecule has 0 aliphatic heterocycles. The number of rotatable bonds is 8. The monoisotopic (exact) mass is 493 g/mol. The van der Waals surface area contributed by atoms with Gasteiger partial charge < -0.3 is 5.32 Å². The number of anilines is 2. The van der Waals surface area contributed by atoms with Crippen LogP contribution in [0.25, 0.3) is 0 Å². The van der Waals surface area contributed by atoms with E-state index in [1.54, 1.807) is 42.5 Å². The largest absolute Gasteiger partial charge is 0.348 e. The Labute approximate surface area is 191 Å². The number of benzene rings is 3. The van der Waals surface area contributed by atoms with Crippen molar-refractivity contribution in [2.24, 2.45) is 0 Å². The number of carbonyl (C=O) groups is 1. The van der Waals surface area contributed by atoms with Crippen molar-refractivity contribution in [2.75, 3.05) is 15.7 Å². The van der Waals surface area contributed by atoms with Crippen LogP contribution >= 0.6 is 11.6 Å². The van der Waals surface area contributed by atoms with Crippen LogP contribution in [0.4, 0.5) is 11.4 Å². The number of carbonyl (C=O) groups excluding carboxylic acids is 1. The second kappa shape index (κ2) is 9.60. The van der Waals surface area contributed by atoms with Crippen LogP contribution in [0, 0.1) is 0 Å². The van der Waals surface area contributed by atoms with Gasteiger partial charge in [0.15, 0.2) is 0 Å². The van der Waals surface area contributed by atoms with E-state index in [1.807, 2.05) is 0 Å². The highest BCUT2D eigenvalue weighted by atomic mass is 35.5. The van der Waals surface area contributed by atoms with E-state index in [9.17, 15) is 21.6 Å². The van der Waals surface area contributed by atoms with Gasteiger partial charge in [0, 0.05) is 12.1 Å². The third-order valence-corrected chi connectivity index (χ3v) is 6.56. The second-order valence-electron chi connectivity index (χ2n) is 6.83. The van der Waals surface area contributed by atoms with Crippen LogP contribution < -0.4 is 14.8 Å². The van der Waals surface area contributed by atoms with Crippen molar-refractivity contribution in [3.05, 3.63) is 88.9 Å². The SMILES string of the molecule is CS(=O)(=O)Nc1ccccc1CNC(=O)c1cccc(S(=O)(=O)Nc2ccccc2Cl)c1. The smallest absolute Gasteiger partial charge is 0.261 e. The maximum atomic E-state index is 12.7. The summed E-state index contributed by atoms with van der Waals surface area (Å²) in [6, 6.07) is 18.6. The molecule has 0 bridgehead atoms. The van der Waals surface area contributed by atoms with Crippen molar-refractivity contribution in [1.82, 2.24) is 5.32 Å². The molecule has 3 rings (SSSR count). The van der Waals surface area contributed by atoms with E-state index >= 15 is 0 Å². The van der Waals surface area contributed by atoms with Gasteiger partial charge in [0.1, 0.15) is 0 Å². The fraction of sp³-hybridized carbons (Fsp3) is 0.0952. The van der Waals surface area contributed by atoms with Gasteiger partial charge in [-0.05, 0) is 42.0 Å². The van der Waals surface area contributed by atoms with E-state index in [0.717, 1.165) is 6.26 Å². The minimum Gasteiger partial charge on any atom is -0.348 e. The van der Waals surface area contributed by atoms with Gasteiger partial charge in [0.2, 0.25) is 10.0 Å². The summed E-state index contributed by atoms with van der Waals surface area (Å²) in [7, 11) is -7.46. The third kappa shape index (κ3) is 6.22. The van der Waals surface area contributed by atoms with E-state index < -0.39 is 26.0 Å². The summed E-state index contributed by atoms with van der Waals surface area (Å²) < 4.78 is 53.3. The first-order valence-electron chi connectivity index (χ1n) is 9.26. The molecule has 11 heteroatoms. The molecule has 0 spiro atoms. The Bertz CT molecular complexity index is 1360. The topological polar surface area (TPSA) is 121 Å². The lowest BCUT2D eigenvalue weighted by Gasteiger charge is -2.12. The molecular formula is C21H20ClN3O5S2. The summed E-state index contributed by atoms with van der Waals surface area (Å²) in [4.78, 5) is 12.5. The Balaban J connectivity index is 1.76. The van der Waals surface area contributed by atoms with Crippen molar-refractivity contribution >= 4 is 48.9 Å². The number of hydrogen-bond donors (Lipinski definition) is 3. The molecule has 0 radical (unpaired) electrons. The van der Waals surface area contributed by atoms with Crippen molar-refractivity contribution in [3.63, 3.8) is 0 Å². The van der Waals surface area contributed by atoms with Crippen LogP contribution in [0.2, 0.25) is 5.02 Å². The summed E-state index contributed by atoms with van der Waals surface area (Å²) in [6.07, 6.45) is 1.03. The molecule has 0 fully saturated rings. The normalized spacial score (nSPS) is 11.6. The maximum Gasteiger partial charge on any atom is 0.261 e. The van der Waals surface area contributed by atoms with E-state index in [2.05, 4.69) is 14.8 Å². The fourth-order valence-electron chi connectivity index (χ4n) is 2.80. The van der Waals surface area contributed by atoms with Crippen LogP contribution in [0.15, 0.2) is 77.7 Å². The van der Waals surface area contributed by atoms with Gasteiger partial charge >= 0.3 is 0 Å². The fourth-order valence-corrected chi connectivity index (χ4v) is 4.77. The number of amides is 1. The van der Waals surface area contributed by atoms with Crippen molar-refractivity contribution in [2.45, 2.75) is 11.4 Å². The van der Waals surface area contributed by atoms with Gasteiger partial charge in [0.05, 0.1) is 27.5 Å². The van der Waals surface area contributed by atoms with E-state index in [0.29, 0.717) is 11.3 Å². The first kappa shape index (κ1) is 23.6. The summed E-state index contributed by atoms with van der Waals surface area (Å²) in [6.45, 7) is 0.0341. The Morgan fingerprint density at radius 2 is 1.50 bits per heavy atom. The molecule has 3 N–H and O–H groups in total. The molecule has 3 aromatic rings. The molecule has 3 aromatic carbocycles. The summed E-state index contributed by atoms with van der Waals surface area (Å²) in [5, 5.41) is 2.91. The maximum absolute atomic E-state index is 12.7. The van der Waals surface area contributed by atoms with Gasteiger partial charge in [-0.25, -0.2) is 16.8 Å². The number of halogens is 1. The lowest BCUT2D eigenvalue weighted by atomic mass is 10.1.